The third-order valence-electron chi connectivity index (χ3n) is 8.28. The fourth-order valence-electron chi connectivity index (χ4n) is 6.37. The van der Waals surface area contributed by atoms with Gasteiger partial charge in [0.15, 0.2) is 5.78 Å². The molecular weight excluding hydrogens is 426 g/mol. The lowest BCUT2D eigenvalue weighted by Crippen LogP contribution is -2.58. The zero-order valence-electron chi connectivity index (χ0n) is 20.2. The van der Waals surface area contributed by atoms with Crippen LogP contribution in [0.1, 0.15) is 45.1 Å². The minimum Gasteiger partial charge on any atom is -0.389 e. The highest BCUT2D eigenvalue weighted by Gasteiger charge is 2.68. The smallest absolute Gasteiger partial charge is 0.235 e. The summed E-state index contributed by atoms with van der Waals surface area (Å²) in [5.74, 6) is -1.57. The van der Waals surface area contributed by atoms with Gasteiger partial charge >= 0.3 is 0 Å². The van der Waals surface area contributed by atoms with Crippen LogP contribution in [0, 0.1) is 29.1 Å². The number of carbonyl (C=O) groups is 2. The van der Waals surface area contributed by atoms with Gasteiger partial charge in [0, 0.05) is 17.9 Å². The zero-order valence-corrected chi connectivity index (χ0v) is 20.2. The molecule has 0 radical (unpaired) electrons. The maximum absolute atomic E-state index is 13.9. The Morgan fingerprint density at radius 2 is 1.82 bits per heavy atom. The van der Waals surface area contributed by atoms with Crippen molar-refractivity contribution in [2.75, 3.05) is 0 Å². The van der Waals surface area contributed by atoms with Gasteiger partial charge in [0.1, 0.15) is 5.41 Å². The van der Waals surface area contributed by atoms with Crippen molar-refractivity contribution in [1.29, 1.82) is 0 Å². The molecule has 1 aromatic carbocycles. The molecule has 5 heteroatoms. The van der Waals surface area contributed by atoms with Crippen molar-refractivity contribution in [2.24, 2.45) is 29.1 Å². The molecule has 0 aromatic heterocycles. The van der Waals surface area contributed by atoms with E-state index in [2.05, 4.69) is 18.8 Å². The molecule has 1 unspecified atom stereocenters. The molecule has 3 N–H and O–H groups in total. The zero-order chi connectivity index (χ0) is 24.5. The number of aliphatic hydroxyl groups is 2. The predicted octanol–water partition coefficient (Wildman–Crippen LogP) is 3.77. The normalized spacial score (nSPS) is 40.7. The summed E-state index contributed by atoms with van der Waals surface area (Å²) in [6.07, 6.45) is 8.88. The third-order valence-corrected chi connectivity index (χ3v) is 8.28. The summed E-state index contributed by atoms with van der Waals surface area (Å²) < 4.78 is 0. The topological polar surface area (TPSA) is 86.6 Å². The molecule has 182 valence electrons. The van der Waals surface area contributed by atoms with Crippen molar-refractivity contribution in [3.05, 3.63) is 72.4 Å². The van der Waals surface area contributed by atoms with E-state index >= 15 is 0 Å². The standard InChI is InChI=1S/C29H37NO4/c1-18-9-7-13-22(31)15-16-25(32)29-23(14-8-10-18)27(33)20(3)19(2)26(29)24(30-28(29)34)17-21-11-5-4-6-12-21/h4-6,8,11-12,14-16,18-19,22-24,26-27,31,33H,3,7,9-10,13,17H2,1-2H3,(H,30,34)/b14-8+,16-15+/t18-,19-,22-,23+,24?,26+,27-,29-/m1/s1. The Hall–Kier alpha value is -2.50. The van der Waals surface area contributed by atoms with Crippen LogP contribution in [0.4, 0.5) is 0 Å². The number of amides is 1. The fourth-order valence-corrected chi connectivity index (χ4v) is 6.37. The van der Waals surface area contributed by atoms with Crippen LogP contribution in [0.25, 0.3) is 0 Å². The van der Waals surface area contributed by atoms with Crippen molar-refractivity contribution < 1.29 is 19.8 Å². The van der Waals surface area contributed by atoms with Crippen LogP contribution in [0.2, 0.25) is 0 Å². The first-order valence-corrected chi connectivity index (χ1v) is 12.6. The van der Waals surface area contributed by atoms with Gasteiger partial charge in [0.2, 0.25) is 5.91 Å². The first kappa shape index (κ1) is 24.6. The van der Waals surface area contributed by atoms with E-state index in [0.717, 1.165) is 24.8 Å². The van der Waals surface area contributed by atoms with Crippen molar-refractivity contribution in [1.82, 2.24) is 5.32 Å². The van der Waals surface area contributed by atoms with Crippen LogP contribution in [0.3, 0.4) is 0 Å². The summed E-state index contributed by atoms with van der Waals surface area (Å²) in [5, 5.41) is 24.9. The SMILES string of the molecule is C=C1[C@@H](C)[C@H]2C(Cc3ccccc3)NC(=O)[C@]23C(=O)/C=C/[C@H](O)CCC[C@@H](C)C/C=C/[C@H]3[C@@H]1O. The van der Waals surface area contributed by atoms with Gasteiger partial charge in [-0.15, -0.1) is 0 Å². The van der Waals surface area contributed by atoms with Crippen LogP contribution in [-0.2, 0) is 16.0 Å². The second-order valence-electron chi connectivity index (χ2n) is 10.5. The lowest BCUT2D eigenvalue weighted by atomic mass is 9.52. The summed E-state index contributed by atoms with van der Waals surface area (Å²) in [4.78, 5) is 27.7. The van der Waals surface area contributed by atoms with Gasteiger partial charge in [-0.05, 0) is 48.3 Å². The van der Waals surface area contributed by atoms with E-state index < -0.39 is 23.5 Å². The maximum atomic E-state index is 13.9. The summed E-state index contributed by atoms with van der Waals surface area (Å²) in [6.45, 7) is 8.32. The van der Waals surface area contributed by atoms with Gasteiger partial charge in [-0.2, -0.15) is 0 Å². The van der Waals surface area contributed by atoms with Gasteiger partial charge in [0.05, 0.1) is 12.2 Å². The number of hydrogen-bond donors (Lipinski definition) is 3. The highest BCUT2D eigenvalue weighted by Crippen LogP contribution is 2.56. The third kappa shape index (κ3) is 4.32. The lowest BCUT2D eigenvalue weighted by Gasteiger charge is -2.48. The molecule has 34 heavy (non-hydrogen) atoms. The monoisotopic (exact) mass is 463 g/mol. The summed E-state index contributed by atoms with van der Waals surface area (Å²) in [7, 11) is 0. The number of ketones is 1. The van der Waals surface area contributed by atoms with Crippen molar-refractivity contribution in [3.63, 3.8) is 0 Å². The molecule has 1 amide bonds. The Morgan fingerprint density at radius 1 is 1.09 bits per heavy atom. The number of benzene rings is 1. The van der Waals surface area contributed by atoms with E-state index in [1.54, 1.807) is 0 Å². The van der Waals surface area contributed by atoms with Crippen LogP contribution in [-0.4, -0.2) is 40.2 Å². The molecule has 3 aliphatic rings. The molecule has 1 saturated heterocycles. The molecule has 1 aliphatic heterocycles. The molecular formula is C29H37NO4. The molecule has 0 bridgehead atoms. The van der Waals surface area contributed by atoms with Gasteiger partial charge in [-0.25, -0.2) is 0 Å². The Bertz CT molecular complexity index is 983. The number of nitrogens with one attached hydrogen (secondary N) is 1. The molecule has 4 rings (SSSR count). The van der Waals surface area contributed by atoms with Gasteiger partial charge in [0.25, 0.3) is 0 Å². The lowest BCUT2D eigenvalue weighted by molar-refractivity contribution is -0.148. The minimum absolute atomic E-state index is 0.232. The number of carbonyl (C=O) groups excluding carboxylic acids is 2. The van der Waals surface area contributed by atoms with Gasteiger partial charge in [-0.1, -0.05) is 81.8 Å². The summed E-state index contributed by atoms with van der Waals surface area (Å²) in [5.41, 5.74) is 0.306. The van der Waals surface area contributed by atoms with E-state index in [1.807, 2.05) is 49.4 Å². The highest BCUT2D eigenvalue weighted by molar-refractivity contribution is 6.13. The number of aliphatic hydroxyl groups excluding tert-OH is 2. The van der Waals surface area contributed by atoms with Crippen molar-refractivity contribution >= 4 is 11.7 Å². The predicted molar refractivity (Wildman–Crippen MR) is 133 cm³/mol. The Morgan fingerprint density at radius 3 is 2.56 bits per heavy atom. The van der Waals surface area contributed by atoms with Crippen molar-refractivity contribution in [3.8, 4) is 0 Å². The van der Waals surface area contributed by atoms with E-state index in [9.17, 15) is 19.8 Å². The molecule has 1 aromatic rings. The van der Waals surface area contributed by atoms with Crippen LogP contribution in [0.15, 0.2) is 66.8 Å². The van der Waals surface area contributed by atoms with E-state index in [1.165, 1.54) is 12.2 Å². The van der Waals surface area contributed by atoms with Gasteiger partial charge < -0.3 is 15.5 Å². The molecule has 1 spiro atoms. The maximum Gasteiger partial charge on any atom is 0.235 e. The molecule has 2 aliphatic carbocycles. The first-order chi connectivity index (χ1) is 16.3. The number of allylic oxidation sites excluding steroid dienone is 2. The minimum atomic E-state index is -1.44. The van der Waals surface area contributed by atoms with Crippen LogP contribution >= 0.6 is 0 Å². The average Bonchev–Trinajstić information content (AvgIpc) is 3.11. The molecule has 2 fully saturated rings. The van der Waals surface area contributed by atoms with Gasteiger partial charge in [-0.3, -0.25) is 9.59 Å². The second kappa shape index (κ2) is 10.0. The summed E-state index contributed by atoms with van der Waals surface area (Å²) in [6, 6.07) is 9.68. The molecule has 1 heterocycles. The van der Waals surface area contributed by atoms with Crippen molar-refractivity contribution in [2.45, 2.75) is 64.2 Å². The highest BCUT2D eigenvalue weighted by atomic mass is 16.3. The first-order valence-electron chi connectivity index (χ1n) is 12.6. The Kier molecular flexibility index (Phi) is 7.25. The van der Waals surface area contributed by atoms with Crippen LogP contribution in [0.5, 0.6) is 0 Å². The molecule has 8 atom stereocenters. The molecule has 5 nitrogen and oxygen atoms in total. The van der Waals surface area contributed by atoms with E-state index in [4.69, 9.17) is 0 Å². The Labute approximate surface area is 202 Å². The number of rotatable bonds is 2. The second-order valence-corrected chi connectivity index (χ2v) is 10.5. The largest absolute Gasteiger partial charge is 0.389 e. The quantitative estimate of drug-likeness (QED) is 0.460. The van der Waals surface area contributed by atoms with Crippen LogP contribution < -0.4 is 5.32 Å². The average molecular weight is 464 g/mol. The van der Waals surface area contributed by atoms with E-state index in [0.29, 0.717) is 24.3 Å². The summed E-state index contributed by atoms with van der Waals surface area (Å²) >= 11 is 0. The molecule has 1 saturated carbocycles. The van der Waals surface area contributed by atoms with E-state index in [-0.39, 0.29) is 29.6 Å². The number of hydrogen-bond acceptors (Lipinski definition) is 4. The Balaban J connectivity index is 1.83. The fraction of sp³-hybridized carbons (Fsp3) is 0.517.